The molecule has 0 saturated heterocycles. The van der Waals surface area contributed by atoms with Crippen molar-refractivity contribution >= 4 is 17.3 Å². The second-order valence-corrected chi connectivity index (χ2v) is 9.58. The Kier molecular flexibility index (Phi) is 5.57. The summed E-state index contributed by atoms with van der Waals surface area (Å²) in [5, 5.41) is 41.8. The Morgan fingerprint density at radius 1 is 1.26 bits per heavy atom. The van der Waals surface area contributed by atoms with Gasteiger partial charge >= 0.3 is 0 Å². The van der Waals surface area contributed by atoms with Gasteiger partial charge in [-0.3, -0.25) is 10.1 Å². The van der Waals surface area contributed by atoms with Crippen LogP contribution in [0, 0.1) is 66.8 Å². The molecule has 0 radical (unpaired) electrons. The minimum Gasteiger partial charge on any atom is -0.399 e. The summed E-state index contributed by atoms with van der Waals surface area (Å²) in [5.74, 6) is -1.03. The van der Waals surface area contributed by atoms with Crippen molar-refractivity contribution in [2.45, 2.75) is 39.5 Å². The molecule has 0 aliphatic heterocycles. The molecule has 0 saturated carbocycles. The first-order chi connectivity index (χ1) is 14.5. The zero-order chi connectivity index (χ0) is 23.1. The topological polar surface area (TPSA) is 141 Å². The monoisotopic (exact) mass is 435 g/mol. The summed E-state index contributed by atoms with van der Waals surface area (Å²) >= 11 is 6.47. The Morgan fingerprint density at radius 3 is 2.42 bits per heavy atom. The third-order valence-electron chi connectivity index (χ3n) is 6.63. The number of nitriles is 3. The van der Waals surface area contributed by atoms with Crippen molar-refractivity contribution in [3.63, 3.8) is 0 Å². The lowest BCUT2D eigenvalue weighted by atomic mass is 9.54. The fraction of sp³-hybridized carbons (Fsp3) is 0.435. The molecule has 2 aliphatic carbocycles. The van der Waals surface area contributed by atoms with E-state index >= 15 is 0 Å². The molecule has 1 aromatic rings. The van der Waals surface area contributed by atoms with Gasteiger partial charge < -0.3 is 5.73 Å². The molecule has 158 valence electrons. The van der Waals surface area contributed by atoms with Gasteiger partial charge in [-0.2, -0.15) is 15.8 Å². The van der Waals surface area contributed by atoms with Crippen LogP contribution < -0.4 is 5.73 Å². The summed E-state index contributed by atoms with van der Waals surface area (Å²) in [6.45, 7) is 6.35. The molecule has 0 amide bonds. The van der Waals surface area contributed by atoms with Crippen LogP contribution in [0.15, 0.2) is 41.1 Å². The summed E-state index contributed by atoms with van der Waals surface area (Å²) in [6, 6.07) is 10.2. The van der Waals surface area contributed by atoms with E-state index in [9.17, 15) is 25.9 Å². The van der Waals surface area contributed by atoms with Gasteiger partial charge in [-0.25, -0.2) is 0 Å². The minimum absolute atomic E-state index is 0.0550. The van der Waals surface area contributed by atoms with Gasteiger partial charge in [-0.15, -0.1) is 0 Å². The van der Waals surface area contributed by atoms with Gasteiger partial charge in [0.1, 0.15) is 6.07 Å². The molecule has 3 unspecified atom stereocenters. The van der Waals surface area contributed by atoms with Crippen LogP contribution in [-0.4, -0.2) is 4.92 Å². The normalized spacial score (nSPS) is 24.8. The average molecular weight is 436 g/mol. The molecule has 31 heavy (non-hydrogen) atoms. The Labute approximate surface area is 186 Å². The van der Waals surface area contributed by atoms with Crippen molar-refractivity contribution in [1.82, 2.24) is 0 Å². The zero-order valence-electron chi connectivity index (χ0n) is 17.5. The van der Waals surface area contributed by atoms with Gasteiger partial charge in [-0.1, -0.05) is 38.4 Å². The second kappa shape index (κ2) is 7.73. The highest BCUT2D eigenvalue weighted by Crippen LogP contribution is 2.59. The van der Waals surface area contributed by atoms with Crippen molar-refractivity contribution in [2.24, 2.45) is 28.4 Å². The van der Waals surface area contributed by atoms with Crippen molar-refractivity contribution in [3.05, 3.63) is 61.8 Å². The summed E-state index contributed by atoms with van der Waals surface area (Å²) in [4.78, 5) is 10.9. The van der Waals surface area contributed by atoms with Crippen LogP contribution in [0.4, 0.5) is 5.69 Å². The molecule has 0 heterocycles. The summed E-state index contributed by atoms with van der Waals surface area (Å²) in [6.07, 6.45) is 3.30. The van der Waals surface area contributed by atoms with Crippen LogP contribution in [-0.2, 0) is 0 Å². The Morgan fingerprint density at radius 2 is 1.90 bits per heavy atom. The van der Waals surface area contributed by atoms with Crippen LogP contribution in [0.2, 0.25) is 5.02 Å². The molecular weight excluding hydrogens is 414 g/mol. The fourth-order valence-electron chi connectivity index (χ4n) is 4.82. The van der Waals surface area contributed by atoms with Crippen molar-refractivity contribution < 1.29 is 4.92 Å². The number of nitro groups is 1. The number of allylic oxidation sites excluding steroid dienone is 4. The first-order valence-electron chi connectivity index (χ1n) is 9.88. The summed E-state index contributed by atoms with van der Waals surface area (Å²) in [5.41, 5.74) is 5.22. The third-order valence-corrected chi connectivity index (χ3v) is 6.97. The molecule has 7 nitrogen and oxygen atoms in total. The fourth-order valence-corrected chi connectivity index (χ4v) is 5.06. The van der Waals surface area contributed by atoms with E-state index in [-0.39, 0.29) is 33.3 Å². The molecule has 8 heteroatoms. The lowest BCUT2D eigenvalue weighted by molar-refractivity contribution is -0.384. The van der Waals surface area contributed by atoms with Gasteiger partial charge in [-0.05, 0) is 47.3 Å². The third kappa shape index (κ3) is 3.44. The maximum Gasteiger partial charge on any atom is 0.269 e. The van der Waals surface area contributed by atoms with Crippen LogP contribution >= 0.6 is 11.6 Å². The van der Waals surface area contributed by atoms with E-state index in [0.29, 0.717) is 17.6 Å². The van der Waals surface area contributed by atoms with E-state index in [1.807, 2.05) is 18.2 Å². The molecule has 0 aromatic heterocycles. The van der Waals surface area contributed by atoms with Gasteiger partial charge in [0.25, 0.3) is 5.69 Å². The average Bonchev–Trinajstić information content (AvgIpc) is 2.72. The van der Waals surface area contributed by atoms with Gasteiger partial charge in [0, 0.05) is 23.1 Å². The Balaban J connectivity index is 2.37. The number of halogens is 1. The number of hydrogen-bond donors (Lipinski definition) is 1. The first-order valence-corrected chi connectivity index (χ1v) is 10.3. The molecule has 2 aliphatic rings. The number of hydrogen-bond acceptors (Lipinski definition) is 6. The SMILES string of the molecule is CC(C)(C)C1CC=C2C(C#N)=C(N)C(C#N)(C#N)C(c3cc([N+](=O)[O-])ccc3Cl)C2C1. The smallest absolute Gasteiger partial charge is 0.269 e. The number of fused-ring (bicyclic) bond motifs is 1. The minimum atomic E-state index is -1.87. The standard InChI is InChI=1S/C23H22ClN5O2/c1-22(2,3)13-4-6-15-16(8-13)20(17-9-14(29(30)31)5-7-19(17)24)23(11-26,12-27)21(28)18(15)10-25/h5-7,9,13,16,20H,4,8,28H2,1-3H3. The maximum absolute atomic E-state index is 11.4. The molecule has 2 N–H and O–H groups in total. The molecule has 3 rings (SSSR count). The van der Waals surface area contributed by atoms with Gasteiger partial charge in [0.05, 0.1) is 28.3 Å². The van der Waals surface area contributed by atoms with Crippen LogP contribution in [0.1, 0.15) is 45.1 Å². The van der Waals surface area contributed by atoms with Crippen LogP contribution in [0.25, 0.3) is 0 Å². The van der Waals surface area contributed by atoms with E-state index in [4.69, 9.17) is 17.3 Å². The van der Waals surface area contributed by atoms with Gasteiger partial charge in [0.2, 0.25) is 0 Å². The molecule has 1 aromatic carbocycles. The predicted molar refractivity (Wildman–Crippen MR) is 115 cm³/mol. The number of non-ortho nitro benzene ring substituents is 1. The van der Waals surface area contributed by atoms with E-state index < -0.39 is 22.2 Å². The predicted octanol–water partition coefficient (Wildman–Crippen LogP) is 5.11. The van der Waals surface area contributed by atoms with Crippen molar-refractivity contribution in [1.29, 1.82) is 15.8 Å². The summed E-state index contributed by atoms with van der Waals surface area (Å²) < 4.78 is 0. The van der Waals surface area contributed by atoms with E-state index in [1.54, 1.807) is 0 Å². The lowest BCUT2D eigenvalue weighted by Crippen LogP contribution is -2.44. The van der Waals surface area contributed by atoms with Crippen molar-refractivity contribution in [2.75, 3.05) is 0 Å². The van der Waals surface area contributed by atoms with Crippen LogP contribution in [0.3, 0.4) is 0 Å². The number of rotatable bonds is 2. The largest absolute Gasteiger partial charge is 0.399 e. The Bertz CT molecular complexity index is 1130. The highest BCUT2D eigenvalue weighted by molar-refractivity contribution is 6.31. The first kappa shape index (κ1) is 22.3. The second-order valence-electron chi connectivity index (χ2n) is 9.17. The van der Waals surface area contributed by atoms with E-state index in [0.717, 1.165) is 6.42 Å². The molecule has 0 fully saturated rings. The number of nitrogens with zero attached hydrogens (tertiary/aromatic N) is 4. The maximum atomic E-state index is 11.4. The molecule has 0 bridgehead atoms. The molecule has 0 spiro atoms. The van der Waals surface area contributed by atoms with E-state index in [1.165, 1.54) is 18.2 Å². The highest BCUT2D eigenvalue weighted by Gasteiger charge is 2.55. The van der Waals surface area contributed by atoms with Crippen molar-refractivity contribution in [3.8, 4) is 18.2 Å². The van der Waals surface area contributed by atoms with E-state index in [2.05, 4.69) is 26.8 Å². The quantitative estimate of drug-likeness (QED) is 0.505. The van der Waals surface area contributed by atoms with Gasteiger partial charge in [0.15, 0.2) is 5.41 Å². The zero-order valence-corrected chi connectivity index (χ0v) is 18.3. The number of nitrogens with two attached hydrogens (primary N) is 1. The molecule has 3 atom stereocenters. The molecular formula is C23H22ClN5O2. The lowest BCUT2D eigenvalue weighted by Gasteiger charge is -2.47. The number of nitro benzene ring substituents is 1. The number of benzene rings is 1. The Hall–Kier alpha value is -3.34. The summed E-state index contributed by atoms with van der Waals surface area (Å²) in [7, 11) is 0. The van der Waals surface area contributed by atoms with Crippen LogP contribution in [0.5, 0.6) is 0 Å². The highest BCUT2D eigenvalue weighted by atomic mass is 35.5.